The molecule has 0 radical (unpaired) electrons. The maximum Gasteiger partial charge on any atom is 0.319 e. The minimum Gasteiger partial charge on any atom is -0.461 e. The zero-order chi connectivity index (χ0) is 16.0. The molecule has 0 rings (SSSR count). The van der Waals surface area contributed by atoms with Gasteiger partial charge in [0.2, 0.25) is 0 Å². The number of nitrogens with two attached hydrogens (primary N) is 3. The van der Waals surface area contributed by atoms with Gasteiger partial charge in [-0.25, -0.2) is 0 Å². The monoisotopic (exact) mass is 337 g/mol. The third-order valence-electron chi connectivity index (χ3n) is 3.66. The lowest BCUT2D eigenvalue weighted by Crippen LogP contribution is -2.53. The third-order valence-corrected chi connectivity index (χ3v) is 3.66. The van der Waals surface area contributed by atoms with Gasteiger partial charge in [0, 0.05) is 0 Å². The molecule has 6 heteroatoms. The summed E-state index contributed by atoms with van der Waals surface area (Å²) in [6.45, 7) is 2.15. The van der Waals surface area contributed by atoms with Crippen LogP contribution in [-0.4, -0.2) is 24.8 Å². The molecule has 0 aliphatic carbocycles. The van der Waals surface area contributed by atoms with Gasteiger partial charge in [-0.05, 0) is 6.42 Å². The van der Waals surface area contributed by atoms with Gasteiger partial charge in [0.05, 0.1) is 12.2 Å². The number of esters is 1. The molecule has 0 aromatic heterocycles. The first-order chi connectivity index (χ1) is 10.0. The van der Waals surface area contributed by atoms with Crippen LogP contribution in [0.4, 0.5) is 0 Å². The first kappa shape index (κ1) is 23.9. The van der Waals surface area contributed by atoms with Gasteiger partial charge in [0.1, 0.15) is 6.61 Å². The topological polar surface area (TPSA) is 104 Å². The molecule has 5 nitrogen and oxygen atoms in total. The van der Waals surface area contributed by atoms with Crippen molar-refractivity contribution in [2.24, 2.45) is 17.2 Å². The van der Waals surface area contributed by atoms with Crippen molar-refractivity contribution in [1.82, 2.24) is 0 Å². The Morgan fingerprint density at radius 2 is 1.36 bits per heavy atom. The van der Waals surface area contributed by atoms with E-state index in [1.807, 2.05) is 0 Å². The average molecular weight is 338 g/mol. The Bertz CT molecular complexity index is 264. The highest BCUT2D eigenvalue weighted by molar-refractivity contribution is 5.85. The van der Waals surface area contributed by atoms with Crippen molar-refractivity contribution in [2.75, 3.05) is 13.2 Å². The van der Waals surface area contributed by atoms with E-state index in [0.717, 1.165) is 12.8 Å². The minimum absolute atomic E-state index is 0. The lowest BCUT2D eigenvalue weighted by Gasteiger charge is -2.23. The van der Waals surface area contributed by atoms with Gasteiger partial charge in [-0.1, -0.05) is 71.1 Å². The molecular formula is C16H36ClN3O2. The minimum atomic E-state index is -0.926. The van der Waals surface area contributed by atoms with E-state index in [-0.39, 0.29) is 25.6 Å². The summed E-state index contributed by atoms with van der Waals surface area (Å²) in [6.07, 6.45) is 13.4. The number of carbonyl (C=O) groups excluding carboxylic acids is 1. The van der Waals surface area contributed by atoms with Crippen LogP contribution in [0, 0.1) is 0 Å². The Morgan fingerprint density at radius 3 is 1.82 bits per heavy atom. The van der Waals surface area contributed by atoms with Crippen LogP contribution in [0.25, 0.3) is 0 Å². The first-order valence-corrected chi connectivity index (χ1v) is 8.45. The SMILES string of the molecule is CCCCCCCCCCCCC(N)(N)COC(=O)CN.Cl. The van der Waals surface area contributed by atoms with Crippen molar-refractivity contribution in [3.05, 3.63) is 0 Å². The Labute approximate surface area is 142 Å². The van der Waals surface area contributed by atoms with Crippen LogP contribution in [0.1, 0.15) is 77.6 Å². The van der Waals surface area contributed by atoms with Crippen LogP contribution < -0.4 is 17.2 Å². The van der Waals surface area contributed by atoms with Crippen LogP contribution in [0.15, 0.2) is 0 Å². The van der Waals surface area contributed by atoms with E-state index in [9.17, 15) is 4.79 Å². The summed E-state index contributed by atoms with van der Waals surface area (Å²) in [5.41, 5.74) is 16.0. The highest BCUT2D eigenvalue weighted by atomic mass is 35.5. The van der Waals surface area contributed by atoms with Gasteiger partial charge < -0.3 is 21.9 Å². The molecular weight excluding hydrogens is 302 g/mol. The van der Waals surface area contributed by atoms with Gasteiger partial charge in [-0.15, -0.1) is 12.4 Å². The van der Waals surface area contributed by atoms with E-state index in [0.29, 0.717) is 6.42 Å². The molecule has 0 atom stereocenters. The lowest BCUT2D eigenvalue weighted by atomic mass is 10.0. The summed E-state index contributed by atoms with van der Waals surface area (Å²) < 4.78 is 4.88. The number of carbonyl (C=O) groups is 1. The molecule has 0 aromatic carbocycles. The number of halogens is 1. The van der Waals surface area contributed by atoms with E-state index in [1.54, 1.807) is 0 Å². The molecule has 0 fully saturated rings. The number of rotatable bonds is 14. The Balaban J connectivity index is 0. The summed E-state index contributed by atoms with van der Waals surface area (Å²) in [7, 11) is 0. The molecule has 0 aromatic rings. The van der Waals surface area contributed by atoms with Crippen molar-refractivity contribution in [1.29, 1.82) is 0 Å². The highest BCUT2D eigenvalue weighted by Gasteiger charge is 2.20. The summed E-state index contributed by atoms with van der Waals surface area (Å²) in [5, 5.41) is 0. The maximum atomic E-state index is 10.9. The van der Waals surface area contributed by atoms with E-state index < -0.39 is 11.6 Å². The Kier molecular flexibility index (Phi) is 16.9. The smallest absolute Gasteiger partial charge is 0.319 e. The van der Waals surface area contributed by atoms with Crippen LogP contribution in [0.2, 0.25) is 0 Å². The number of hydrogen-bond acceptors (Lipinski definition) is 5. The summed E-state index contributed by atoms with van der Waals surface area (Å²) in [5.74, 6) is -0.460. The molecule has 0 bridgehead atoms. The number of hydrogen-bond donors (Lipinski definition) is 3. The number of ether oxygens (including phenoxy) is 1. The van der Waals surface area contributed by atoms with Crippen molar-refractivity contribution < 1.29 is 9.53 Å². The lowest BCUT2D eigenvalue weighted by molar-refractivity contribution is -0.143. The predicted octanol–water partition coefficient (Wildman–Crippen LogP) is 2.83. The average Bonchev–Trinajstić information content (AvgIpc) is 2.46. The molecule has 0 aliphatic heterocycles. The maximum absolute atomic E-state index is 10.9. The molecule has 134 valence electrons. The second-order valence-corrected chi connectivity index (χ2v) is 6.03. The molecule has 0 saturated carbocycles. The molecule has 0 unspecified atom stereocenters. The Hall–Kier alpha value is -0.360. The van der Waals surface area contributed by atoms with Crippen molar-refractivity contribution in [2.45, 2.75) is 83.2 Å². The summed E-state index contributed by atoms with van der Waals surface area (Å²) >= 11 is 0. The fourth-order valence-electron chi connectivity index (χ4n) is 2.29. The fraction of sp³-hybridized carbons (Fsp3) is 0.938. The van der Waals surface area contributed by atoms with Crippen molar-refractivity contribution >= 4 is 18.4 Å². The van der Waals surface area contributed by atoms with Crippen LogP contribution >= 0.6 is 12.4 Å². The van der Waals surface area contributed by atoms with E-state index in [2.05, 4.69) is 6.92 Å². The molecule has 0 saturated heterocycles. The van der Waals surface area contributed by atoms with Crippen molar-refractivity contribution in [3.8, 4) is 0 Å². The molecule has 0 heterocycles. The largest absolute Gasteiger partial charge is 0.461 e. The zero-order valence-electron chi connectivity index (χ0n) is 14.1. The molecule has 0 aliphatic rings. The van der Waals surface area contributed by atoms with Gasteiger partial charge >= 0.3 is 5.97 Å². The second-order valence-electron chi connectivity index (χ2n) is 6.03. The van der Waals surface area contributed by atoms with Gasteiger partial charge in [-0.3, -0.25) is 4.79 Å². The molecule has 6 N–H and O–H groups in total. The molecule has 0 amide bonds. The second kappa shape index (κ2) is 15.5. The van der Waals surface area contributed by atoms with Gasteiger partial charge in [-0.2, -0.15) is 0 Å². The third kappa shape index (κ3) is 16.0. The molecule has 0 spiro atoms. The van der Waals surface area contributed by atoms with Crippen LogP contribution in [0.3, 0.4) is 0 Å². The van der Waals surface area contributed by atoms with Crippen LogP contribution in [-0.2, 0) is 9.53 Å². The standard InChI is InChI=1S/C16H35N3O2.ClH/c1-2-3-4-5-6-7-8-9-10-11-12-16(18,19)14-21-15(20)13-17;/h2-14,17-19H2,1H3;1H. The molecule has 22 heavy (non-hydrogen) atoms. The van der Waals surface area contributed by atoms with Gasteiger partial charge in [0.15, 0.2) is 0 Å². The number of unbranched alkanes of at least 4 members (excludes halogenated alkanes) is 9. The van der Waals surface area contributed by atoms with Crippen LogP contribution in [0.5, 0.6) is 0 Å². The fourth-order valence-corrected chi connectivity index (χ4v) is 2.29. The first-order valence-electron chi connectivity index (χ1n) is 8.45. The predicted molar refractivity (Wildman–Crippen MR) is 94.8 cm³/mol. The van der Waals surface area contributed by atoms with E-state index >= 15 is 0 Å². The van der Waals surface area contributed by atoms with Crippen molar-refractivity contribution in [3.63, 3.8) is 0 Å². The van der Waals surface area contributed by atoms with E-state index in [4.69, 9.17) is 21.9 Å². The Morgan fingerprint density at radius 1 is 0.909 bits per heavy atom. The normalized spacial score (nSPS) is 11.1. The quantitative estimate of drug-likeness (QED) is 0.257. The highest BCUT2D eigenvalue weighted by Crippen LogP contribution is 2.13. The van der Waals surface area contributed by atoms with E-state index in [1.165, 1.54) is 51.4 Å². The zero-order valence-corrected chi connectivity index (χ0v) is 15.0. The summed E-state index contributed by atoms with van der Waals surface area (Å²) in [4.78, 5) is 10.9. The van der Waals surface area contributed by atoms with Gasteiger partial charge in [0.25, 0.3) is 0 Å². The summed E-state index contributed by atoms with van der Waals surface area (Å²) in [6, 6.07) is 0.